The molecule has 0 spiro atoms. The minimum atomic E-state index is -0.241. The molecule has 0 aliphatic carbocycles. The molecule has 1 atom stereocenters. The number of carbonyl (C=O) groups excluding carboxylic acids is 3. The van der Waals surface area contributed by atoms with Crippen molar-refractivity contribution in [3.8, 4) is 5.75 Å². The van der Waals surface area contributed by atoms with Gasteiger partial charge in [0.05, 0.1) is 7.11 Å². The van der Waals surface area contributed by atoms with E-state index in [4.69, 9.17) is 4.74 Å². The summed E-state index contributed by atoms with van der Waals surface area (Å²) in [5.41, 5.74) is 2.77. The highest BCUT2D eigenvalue weighted by molar-refractivity contribution is 5.98. The third-order valence-corrected chi connectivity index (χ3v) is 4.92. The fourth-order valence-corrected chi connectivity index (χ4v) is 3.28. The van der Waals surface area contributed by atoms with Gasteiger partial charge in [-0.05, 0) is 37.1 Å². The Bertz CT molecular complexity index is 926. The fraction of sp³-hybridized carbons (Fsp3) is 0.318. The van der Waals surface area contributed by atoms with Crippen LogP contribution in [-0.4, -0.2) is 30.9 Å². The Kier molecular flexibility index (Phi) is 6.49. The lowest BCUT2D eigenvalue weighted by atomic mass is 10.1. The number of anilines is 1. The Balaban J connectivity index is 1.62. The first-order valence-electron chi connectivity index (χ1n) is 9.56. The smallest absolute Gasteiger partial charge is 0.251 e. The second-order valence-electron chi connectivity index (χ2n) is 7.08. The maximum atomic E-state index is 12.6. The van der Waals surface area contributed by atoms with Crippen LogP contribution in [-0.2, 0) is 16.1 Å². The molecule has 2 aromatic carbocycles. The summed E-state index contributed by atoms with van der Waals surface area (Å²) in [4.78, 5) is 36.2. The topological polar surface area (TPSA) is 96.5 Å². The number of amides is 3. The van der Waals surface area contributed by atoms with Crippen molar-refractivity contribution < 1.29 is 19.1 Å². The van der Waals surface area contributed by atoms with Gasteiger partial charge in [0.15, 0.2) is 0 Å². The summed E-state index contributed by atoms with van der Waals surface area (Å²) in [5.74, 6) is 0.262. The number of benzene rings is 2. The predicted octanol–water partition coefficient (Wildman–Crippen LogP) is 2.54. The molecule has 3 rings (SSSR count). The number of ether oxygens (including phenoxy) is 1. The van der Waals surface area contributed by atoms with E-state index in [2.05, 4.69) is 16.0 Å². The van der Waals surface area contributed by atoms with Crippen molar-refractivity contribution in [1.29, 1.82) is 0 Å². The molecule has 29 heavy (non-hydrogen) atoms. The van der Waals surface area contributed by atoms with Crippen LogP contribution >= 0.6 is 0 Å². The van der Waals surface area contributed by atoms with E-state index in [1.165, 1.54) is 0 Å². The predicted molar refractivity (Wildman–Crippen MR) is 110 cm³/mol. The zero-order chi connectivity index (χ0) is 20.8. The fourth-order valence-electron chi connectivity index (χ4n) is 3.28. The molecule has 0 saturated carbocycles. The number of para-hydroxylation sites is 1. The van der Waals surface area contributed by atoms with E-state index in [9.17, 15) is 14.4 Å². The molecule has 3 amide bonds. The molecular weight excluding hydrogens is 370 g/mol. The first kappa shape index (κ1) is 20.4. The van der Waals surface area contributed by atoms with Gasteiger partial charge in [0.2, 0.25) is 11.8 Å². The second-order valence-corrected chi connectivity index (χ2v) is 7.08. The van der Waals surface area contributed by atoms with E-state index in [1.807, 2.05) is 31.2 Å². The van der Waals surface area contributed by atoms with Crippen LogP contribution in [0, 0.1) is 6.92 Å². The molecule has 0 bridgehead atoms. The largest absolute Gasteiger partial charge is 0.496 e. The third-order valence-electron chi connectivity index (χ3n) is 4.92. The highest BCUT2D eigenvalue weighted by Crippen LogP contribution is 2.20. The molecule has 3 N–H and O–H groups in total. The molecule has 1 fully saturated rings. The Labute approximate surface area is 169 Å². The lowest BCUT2D eigenvalue weighted by molar-refractivity contribution is -0.119. The average Bonchev–Trinajstić information content (AvgIpc) is 3.12. The lowest BCUT2D eigenvalue weighted by Gasteiger charge is -2.14. The van der Waals surface area contributed by atoms with Crippen LogP contribution in [0.25, 0.3) is 0 Å². The highest BCUT2D eigenvalue weighted by Gasteiger charge is 2.23. The maximum Gasteiger partial charge on any atom is 0.251 e. The van der Waals surface area contributed by atoms with Crippen LogP contribution < -0.4 is 20.7 Å². The van der Waals surface area contributed by atoms with Gasteiger partial charge in [0.25, 0.3) is 5.91 Å². The maximum absolute atomic E-state index is 12.6. The van der Waals surface area contributed by atoms with Gasteiger partial charge in [-0.1, -0.05) is 24.3 Å². The van der Waals surface area contributed by atoms with Crippen molar-refractivity contribution in [2.75, 3.05) is 12.4 Å². The van der Waals surface area contributed by atoms with E-state index in [-0.39, 0.29) is 30.2 Å². The Morgan fingerprint density at radius 2 is 2.00 bits per heavy atom. The number of carbonyl (C=O) groups is 3. The number of rotatable bonds is 7. The van der Waals surface area contributed by atoms with Crippen molar-refractivity contribution in [3.63, 3.8) is 0 Å². The number of methoxy groups -OCH3 is 1. The molecule has 1 aliphatic heterocycles. The minimum absolute atomic E-state index is 0.0207. The molecular formula is C22H25N3O4. The quantitative estimate of drug-likeness (QED) is 0.671. The van der Waals surface area contributed by atoms with Crippen LogP contribution in [0.15, 0.2) is 42.5 Å². The molecule has 152 valence electrons. The van der Waals surface area contributed by atoms with Gasteiger partial charge in [-0.15, -0.1) is 0 Å². The summed E-state index contributed by atoms with van der Waals surface area (Å²) in [6.45, 7) is 2.20. The Morgan fingerprint density at radius 1 is 1.21 bits per heavy atom. The number of nitrogens with one attached hydrogen (secondary N) is 3. The van der Waals surface area contributed by atoms with Gasteiger partial charge in [0.1, 0.15) is 5.75 Å². The van der Waals surface area contributed by atoms with Gasteiger partial charge in [-0.3, -0.25) is 14.4 Å². The van der Waals surface area contributed by atoms with Crippen LogP contribution in [0.4, 0.5) is 5.69 Å². The molecule has 0 aromatic heterocycles. The first-order chi connectivity index (χ1) is 14.0. The van der Waals surface area contributed by atoms with Crippen LogP contribution in [0.1, 0.15) is 40.7 Å². The zero-order valence-electron chi connectivity index (χ0n) is 16.6. The van der Waals surface area contributed by atoms with E-state index in [1.54, 1.807) is 25.3 Å². The van der Waals surface area contributed by atoms with E-state index < -0.39 is 0 Å². The molecule has 0 radical (unpaired) electrons. The summed E-state index contributed by atoms with van der Waals surface area (Å²) in [7, 11) is 1.59. The molecule has 1 saturated heterocycles. The summed E-state index contributed by atoms with van der Waals surface area (Å²) in [6, 6.07) is 12.5. The van der Waals surface area contributed by atoms with Crippen molar-refractivity contribution in [2.45, 2.75) is 38.8 Å². The van der Waals surface area contributed by atoms with Crippen LogP contribution in [0.5, 0.6) is 5.75 Å². The van der Waals surface area contributed by atoms with E-state index in [0.29, 0.717) is 36.4 Å². The van der Waals surface area contributed by atoms with Crippen molar-refractivity contribution in [2.24, 2.45) is 0 Å². The van der Waals surface area contributed by atoms with Crippen LogP contribution in [0.2, 0.25) is 0 Å². The Hall–Kier alpha value is -3.35. The number of aryl methyl sites for hydroxylation is 1. The van der Waals surface area contributed by atoms with Gasteiger partial charge in [-0.2, -0.15) is 0 Å². The van der Waals surface area contributed by atoms with Crippen LogP contribution in [0.3, 0.4) is 0 Å². The van der Waals surface area contributed by atoms with Crippen molar-refractivity contribution >= 4 is 23.4 Å². The summed E-state index contributed by atoms with van der Waals surface area (Å²) in [6.07, 6.45) is 1.34. The SMILES string of the molecule is COc1ccccc1CNC(=O)c1ccc(C)c(NC(=O)C[C@@H]2CCC(=O)N2)c1. The van der Waals surface area contributed by atoms with Crippen molar-refractivity contribution in [3.05, 3.63) is 59.2 Å². The molecule has 7 heteroatoms. The van der Waals surface area contributed by atoms with E-state index in [0.717, 1.165) is 11.1 Å². The van der Waals surface area contributed by atoms with Gasteiger partial charge >= 0.3 is 0 Å². The third kappa shape index (κ3) is 5.34. The molecule has 1 heterocycles. The van der Waals surface area contributed by atoms with Gasteiger partial charge in [0, 0.05) is 42.2 Å². The highest BCUT2D eigenvalue weighted by atomic mass is 16.5. The normalized spacial score (nSPS) is 15.5. The standard InChI is InChI=1S/C22H25N3O4/c1-14-7-8-15(22(28)23-13-16-5-3-4-6-19(16)29-2)11-18(14)25-21(27)12-17-9-10-20(26)24-17/h3-8,11,17H,9-10,12-13H2,1-2H3,(H,23,28)(H,24,26)(H,25,27)/t17-/m0/s1. The number of hydrogen-bond acceptors (Lipinski definition) is 4. The second kappa shape index (κ2) is 9.23. The van der Waals surface area contributed by atoms with E-state index >= 15 is 0 Å². The van der Waals surface area contributed by atoms with Crippen molar-refractivity contribution in [1.82, 2.24) is 10.6 Å². The zero-order valence-corrected chi connectivity index (χ0v) is 16.6. The van der Waals surface area contributed by atoms with Gasteiger partial charge in [-0.25, -0.2) is 0 Å². The summed E-state index contributed by atoms with van der Waals surface area (Å²) < 4.78 is 5.30. The Morgan fingerprint density at radius 3 is 2.72 bits per heavy atom. The molecule has 7 nitrogen and oxygen atoms in total. The minimum Gasteiger partial charge on any atom is -0.496 e. The molecule has 2 aromatic rings. The lowest BCUT2D eigenvalue weighted by Crippen LogP contribution is -2.30. The molecule has 0 unspecified atom stereocenters. The summed E-state index contributed by atoms with van der Waals surface area (Å²) >= 11 is 0. The monoisotopic (exact) mass is 395 g/mol. The molecule has 1 aliphatic rings. The summed E-state index contributed by atoms with van der Waals surface area (Å²) in [5, 5.41) is 8.51. The average molecular weight is 395 g/mol. The number of hydrogen-bond donors (Lipinski definition) is 3. The van der Waals surface area contributed by atoms with Gasteiger partial charge < -0.3 is 20.7 Å². The first-order valence-corrected chi connectivity index (χ1v) is 9.56.